The fraction of sp³-hybridized carbons (Fsp3) is 0.667. The van der Waals surface area contributed by atoms with Gasteiger partial charge in [0, 0.05) is 12.6 Å². The Morgan fingerprint density at radius 2 is 2.05 bits per heavy atom. The Bertz CT molecular complexity index is 566. The summed E-state index contributed by atoms with van der Waals surface area (Å²) in [7, 11) is 0. The Kier molecular flexibility index (Phi) is 3.46. The van der Waals surface area contributed by atoms with Crippen LogP contribution in [0.4, 0.5) is 0 Å². The Balaban J connectivity index is 1.86. The highest BCUT2D eigenvalue weighted by molar-refractivity contribution is 5.36. The first-order chi connectivity index (χ1) is 9.78. The predicted molar refractivity (Wildman–Crippen MR) is 71.7 cm³/mol. The lowest BCUT2D eigenvalue weighted by atomic mass is 9.78. The van der Waals surface area contributed by atoms with Crippen LogP contribution < -0.4 is 0 Å². The molecule has 0 radical (unpaired) electrons. The van der Waals surface area contributed by atoms with Gasteiger partial charge in [-0.15, -0.1) is 0 Å². The second-order valence-corrected chi connectivity index (χ2v) is 5.81. The summed E-state index contributed by atoms with van der Waals surface area (Å²) in [6.07, 6.45) is 9.44. The molecular weight excluding hydrogens is 252 g/mol. The third-order valence-corrected chi connectivity index (χ3v) is 4.63. The molecule has 1 unspecified atom stereocenters. The first kappa shape index (κ1) is 13.1. The molecule has 0 aromatic carbocycles. The molecule has 1 atom stereocenters. The average Bonchev–Trinajstić information content (AvgIpc) is 2.91. The Labute approximate surface area is 118 Å². The molecule has 2 fully saturated rings. The fourth-order valence-corrected chi connectivity index (χ4v) is 3.61. The molecule has 1 saturated carbocycles. The molecule has 1 spiro atoms. The second-order valence-electron chi connectivity index (χ2n) is 5.81. The lowest BCUT2D eigenvalue weighted by Gasteiger charge is -2.43. The number of rotatable bonds is 1. The summed E-state index contributed by atoms with van der Waals surface area (Å²) < 4.78 is 7.97. The highest BCUT2D eigenvalue weighted by Gasteiger charge is 2.39. The van der Waals surface area contributed by atoms with Crippen LogP contribution in [0.5, 0.6) is 0 Å². The zero-order chi connectivity index (χ0) is 14.0. The monoisotopic (exact) mass is 270 g/mol. The number of ether oxygens (including phenoxy) is 1. The fourth-order valence-electron chi connectivity index (χ4n) is 3.61. The summed E-state index contributed by atoms with van der Waals surface area (Å²) >= 11 is 0. The molecule has 1 saturated heterocycles. The number of nitriles is 2. The van der Waals surface area contributed by atoms with Crippen molar-refractivity contribution in [3.8, 4) is 12.1 Å². The summed E-state index contributed by atoms with van der Waals surface area (Å²) in [6, 6.07) is 4.34. The van der Waals surface area contributed by atoms with Crippen LogP contribution in [0.15, 0.2) is 6.33 Å². The highest BCUT2D eigenvalue weighted by Crippen LogP contribution is 2.42. The van der Waals surface area contributed by atoms with E-state index in [1.807, 2.05) is 10.6 Å². The maximum Gasteiger partial charge on any atom is 0.176 e. The number of imidazole rings is 1. The summed E-state index contributed by atoms with van der Waals surface area (Å²) in [6.45, 7) is 0.732. The Morgan fingerprint density at radius 1 is 1.25 bits per heavy atom. The molecule has 20 heavy (non-hydrogen) atoms. The highest BCUT2D eigenvalue weighted by atomic mass is 16.5. The van der Waals surface area contributed by atoms with Crippen molar-refractivity contribution in [2.75, 3.05) is 6.61 Å². The minimum Gasteiger partial charge on any atom is -0.375 e. The molecule has 1 aliphatic heterocycles. The van der Waals surface area contributed by atoms with E-state index in [9.17, 15) is 5.26 Å². The van der Waals surface area contributed by atoms with E-state index in [0.717, 1.165) is 32.3 Å². The molecule has 3 rings (SSSR count). The Hall–Kier alpha value is -1.85. The van der Waals surface area contributed by atoms with Crippen LogP contribution in [0.1, 0.15) is 62.4 Å². The van der Waals surface area contributed by atoms with Gasteiger partial charge in [-0.3, -0.25) is 0 Å². The third-order valence-electron chi connectivity index (χ3n) is 4.63. The van der Waals surface area contributed by atoms with Gasteiger partial charge in [-0.25, -0.2) is 4.98 Å². The van der Waals surface area contributed by atoms with Crippen molar-refractivity contribution in [3.05, 3.63) is 17.7 Å². The maximum absolute atomic E-state index is 9.26. The molecule has 1 aliphatic carbocycles. The van der Waals surface area contributed by atoms with Gasteiger partial charge >= 0.3 is 0 Å². The van der Waals surface area contributed by atoms with Crippen LogP contribution in [0, 0.1) is 22.7 Å². The zero-order valence-corrected chi connectivity index (χ0v) is 11.5. The van der Waals surface area contributed by atoms with Gasteiger partial charge in [0.1, 0.15) is 12.1 Å². The van der Waals surface area contributed by atoms with E-state index in [-0.39, 0.29) is 17.3 Å². The van der Waals surface area contributed by atoms with Crippen LogP contribution in [0.2, 0.25) is 0 Å². The van der Waals surface area contributed by atoms with E-state index < -0.39 is 0 Å². The van der Waals surface area contributed by atoms with Crippen molar-refractivity contribution in [1.82, 2.24) is 9.55 Å². The van der Waals surface area contributed by atoms with Crippen LogP contribution >= 0.6 is 0 Å². The van der Waals surface area contributed by atoms with Gasteiger partial charge in [-0.05, 0) is 25.7 Å². The van der Waals surface area contributed by atoms with Gasteiger partial charge in [0.25, 0.3) is 0 Å². The first-order valence-corrected chi connectivity index (χ1v) is 7.29. The smallest absolute Gasteiger partial charge is 0.176 e. The van der Waals surface area contributed by atoms with Crippen molar-refractivity contribution < 1.29 is 4.74 Å². The molecule has 2 heterocycles. The van der Waals surface area contributed by atoms with Gasteiger partial charge in [0.2, 0.25) is 0 Å². The standard InChI is InChI=1S/C15H18N4O/c16-9-13-14(10-17)19(11-18-13)12-4-7-20-15(8-12)5-2-1-3-6-15/h11-12H,1-8H2. The molecule has 5 heteroatoms. The van der Waals surface area contributed by atoms with Crippen molar-refractivity contribution in [1.29, 1.82) is 10.5 Å². The van der Waals surface area contributed by atoms with Gasteiger partial charge in [-0.2, -0.15) is 10.5 Å². The largest absolute Gasteiger partial charge is 0.375 e. The van der Waals surface area contributed by atoms with E-state index in [4.69, 9.17) is 10.00 Å². The molecule has 0 bridgehead atoms. The van der Waals surface area contributed by atoms with Crippen LogP contribution in [-0.4, -0.2) is 21.8 Å². The lowest BCUT2D eigenvalue weighted by molar-refractivity contribution is -0.114. The van der Waals surface area contributed by atoms with E-state index in [1.165, 1.54) is 19.3 Å². The normalized spacial score (nSPS) is 25.0. The second kappa shape index (κ2) is 5.26. The molecule has 1 aromatic rings. The molecule has 104 valence electrons. The number of nitrogens with zero attached hydrogens (tertiary/aromatic N) is 4. The maximum atomic E-state index is 9.26. The molecule has 2 aliphatic rings. The first-order valence-electron chi connectivity index (χ1n) is 7.29. The van der Waals surface area contributed by atoms with E-state index >= 15 is 0 Å². The Morgan fingerprint density at radius 3 is 2.75 bits per heavy atom. The van der Waals surface area contributed by atoms with Gasteiger partial charge in [-0.1, -0.05) is 19.3 Å². The van der Waals surface area contributed by atoms with E-state index in [0.29, 0.717) is 5.69 Å². The van der Waals surface area contributed by atoms with Crippen molar-refractivity contribution in [2.24, 2.45) is 0 Å². The number of aromatic nitrogens is 2. The molecule has 0 N–H and O–H groups in total. The molecule has 0 amide bonds. The molecular formula is C15H18N4O. The third kappa shape index (κ3) is 2.19. The van der Waals surface area contributed by atoms with Gasteiger partial charge in [0.15, 0.2) is 11.4 Å². The van der Waals surface area contributed by atoms with Crippen molar-refractivity contribution >= 4 is 0 Å². The van der Waals surface area contributed by atoms with Crippen LogP contribution in [0.25, 0.3) is 0 Å². The van der Waals surface area contributed by atoms with Crippen LogP contribution in [0.3, 0.4) is 0 Å². The summed E-state index contributed by atoms with van der Waals surface area (Å²) in [4.78, 5) is 4.05. The van der Waals surface area contributed by atoms with Crippen molar-refractivity contribution in [2.45, 2.75) is 56.6 Å². The van der Waals surface area contributed by atoms with Crippen molar-refractivity contribution in [3.63, 3.8) is 0 Å². The zero-order valence-electron chi connectivity index (χ0n) is 11.5. The quantitative estimate of drug-likeness (QED) is 0.786. The minimum atomic E-state index is -0.00896. The van der Waals surface area contributed by atoms with Gasteiger partial charge < -0.3 is 9.30 Å². The topological polar surface area (TPSA) is 74.6 Å². The minimum absolute atomic E-state index is 0.00896. The molecule has 5 nitrogen and oxygen atoms in total. The van der Waals surface area contributed by atoms with E-state index in [2.05, 4.69) is 11.1 Å². The molecule has 1 aromatic heterocycles. The van der Waals surface area contributed by atoms with E-state index in [1.54, 1.807) is 6.33 Å². The van der Waals surface area contributed by atoms with Gasteiger partial charge in [0.05, 0.1) is 11.9 Å². The SMILES string of the molecule is N#Cc1ncn(C2CCOC3(CCCCC3)C2)c1C#N. The number of hydrogen-bond donors (Lipinski definition) is 0. The summed E-state index contributed by atoms with van der Waals surface area (Å²) in [5, 5.41) is 18.3. The predicted octanol–water partition coefficient (Wildman–Crippen LogP) is 2.68. The average molecular weight is 270 g/mol. The summed E-state index contributed by atoms with van der Waals surface area (Å²) in [5.41, 5.74) is 0.618. The lowest BCUT2D eigenvalue weighted by Crippen LogP contribution is -2.42. The summed E-state index contributed by atoms with van der Waals surface area (Å²) in [5.74, 6) is 0. The number of hydrogen-bond acceptors (Lipinski definition) is 4. The van der Waals surface area contributed by atoms with Crippen LogP contribution in [-0.2, 0) is 4.74 Å².